The van der Waals surface area contributed by atoms with Gasteiger partial charge in [0.15, 0.2) is 5.96 Å². The second-order valence-corrected chi connectivity index (χ2v) is 20.4. The first kappa shape index (κ1) is 64.1. The van der Waals surface area contributed by atoms with Crippen LogP contribution < -0.4 is 60.2 Å². The van der Waals surface area contributed by atoms with Crippen LogP contribution in [-0.4, -0.2) is 171 Å². The monoisotopic (exact) mass is 1130 g/mol. The predicted molar refractivity (Wildman–Crippen MR) is 284 cm³/mol. The van der Waals surface area contributed by atoms with E-state index < -0.39 is 139 Å². The Kier molecular flexibility index (Phi) is 27.2. The molecule has 0 bridgehead atoms. The van der Waals surface area contributed by atoms with Crippen molar-refractivity contribution in [2.75, 3.05) is 31.1 Å². The first-order valence-electron chi connectivity index (χ1n) is 24.4. The zero-order chi connectivity index (χ0) is 57.9. The lowest BCUT2D eigenvalue weighted by atomic mass is 10.0. The van der Waals surface area contributed by atoms with E-state index in [-0.39, 0.29) is 74.8 Å². The van der Waals surface area contributed by atoms with Gasteiger partial charge in [-0.1, -0.05) is 64.1 Å². The van der Waals surface area contributed by atoms with Crippen molar-refractivity contribution in [2.45, 2.75) is 113 Å². The summed E-state index contributed by atoms with van der Waals surface area (Å²) in [6.07, 6.45) is -1.48. The van der Waals surface area contributed by atoms with E-state index in [0.717, 1.165) is 28.5 Å². The molecular weight excluding hydrogens is 1060 g/mol. The number of likely N-dealkylation sites (tertiary alicyclic amines) is 1. The summed E-state index contributed by atoms with van der Waals surface area (Å²) in [6, 6.07) is 4.37. The van der Waals surface area contributed by atoms with Gasteiger partial charge in [-0.15, -0.1) is 0 Å². The van der Waals surface area contributed by atoms with Crippen LogP contribution >= 0.6 is 21.6 Å². The maximum Gasteiger partial charge on any atom is 0.322 e. The summed E-state index contributed by atoms with van der Waals surface area (Å²) in [7, 11) is 2.17. The number of hydrogen-bond acceptors (Lipinski definition) is 16. The molecule has 28 nitrogen and oxygen atoms in total. The van der Waals surface area contributed by atoms with Crippen molar-refractivity contribution in [2.24, 2.45) is 27.9 Å². The molecule has 2 aromatic carbocycles. The smallest absolute Gasteiger partial charge is 0.322 e. The molecule has 2 aliphatic heterocycles. The molecule has 10 amide bonds. The Hall–Kier alpha value is -8.15. The van der Waals surface area contributed by atoms with Gasteiger partial charge in [-0.2, -0.15) is 0 Å². The number of nitrogens with one attached hydrogen (secondary N) is 7. The number of nitrogens with zero attached hydrogens (tertiary/aromatic N) is 2. The van der Waals surface area contributed by atoms with Gasteiger partial charge in [-0.05, 0) is 55.4 Å². The van der Waals surface area contributed by atoms with Crippen LogP contribution in [-0.2, 0) is 70.4 Å². The minimum Gasteiger partial charge on any atom is -0.508 e. The van der Waals surface area contributed by atoms with E-state index in [9.17, 15) is 57.8 Å². The zero-order valence-corrected chi connectivity index (χ0v) is 44.2. The number of aliphatic imine (C=N–C) groups is 1. The third kappa shape index (κ3) is 23.8. The Balaban J connectivity index is 0.00000386. The summed E-state index contributed by atoms with van der Waals surface area (Å²) in [5.74, 6) is -11.3. The molecule has 0 saturated carbocycles. The van der Waals surface area contributed by atoms with E-state index in [0.29, 0.717) is 17.5 Å². The fourth-order valence-electron chi connectivity index (χ4n) is 7.77. The Morgan fingerprint density at radius 2 is 1.33 bits per heavy atom. The van der Waals surface area contributed by atoms with Crippen molar-refractivity contribution in [1.82, 2.24) is 42.1 Å². The molecule has 4 rings (SSSR count). The van der Waals surface area contributed by atoms with E-state index >= 15 is 0 Å². The van der Waals surface area contributed by atoms with Crippen LogP contribution in [0.4, 0.5) is 0 Å². The highest BCUT2D eigenvalue weighted by atomic mass is 33.1. The fraction of sp³-hybridized carbons (Fsp3) is 0.479. The van der Waals surface area contributed by atoms with E-state index in [1.54, 1.807) is 42.5 Å². The summed E-state index contributed by atoms with van der Waals surface area (Å²) < 4.78 is 0. The van der Waals surface area contributed by atoms with Crippen LogP contribution in [0.1, 0.15) is 69.4 Å². The molecule has 2 aromatic rings. The van der Waals surface area contributed by atoms with Gasteiger partial charge in [-0.3, -0.25) is 62.5 Å². The van der Waals surface area contributed by atoms with E-state index in [1.165, 1.54) is 17.0 Å². The molecule has 2 fully saturated rings. The predicted octanol–water partition coefficient (Wildman–Crippen LogP) is -3.65. The number of guanidine groups is 1. The average Bonchev–Trinajstić information content (AvgIpc) is 3.89. The van der Waals surface area contributed by atoms with Gasteiger partial charge < -0.3 is 80.4 Å². The highest BCUT2D eigenvalue weighted by Gasteiger charge is 2.40. The lowest BCUT2D eigenvalue weighted by Crippen LogP contribution is -2.61. The topological polar surface area (TPSA) is 469 Å². The number of primary amides is 2. The molecule has 0 radical (unpaired) electrons. The first-order chi connectivity index (χ1) is 36.9. The highest BCUT2D eigenvalue weighted by Crippen LogP contribution is 2.26. The van der Waals surface area contributed by atoms with Crippen molar-refractivity contribution >= 4 is 98.6 Å². The molecule has 426 valence electrons. The van der Waals surface area contributed by atoms with Gasteiger partial charge >= 0.3 is 5.97 Å². The average molecular weight is 1130 g/mol. The standard InChI is InChI=1S/C46H63N13O13S2.C2H4O2/c47-35(61)15-14-29-40(67)57-32(22-36(48)62)43(70)58-33(45(72)59-18-5-9-34(59)44(71)55-28(8-4-17-51-46(49)50)39(66)52-23-38(64)65)24-74-73-19-16-37(63)53-30(21-26-10-12-27(60)13-11-26)41(68)56-31(42(69)54-29)20-25-6-2-1-3-7-25;1-2(3)4/h1-3,6-7,10-13,28-34,60H,4-5,8-9,14-24H2,(H2,47,61)(H2,48,62)(H,52,66)(H,53,63)(H,54,69)(H,55,71)(H,56,68)(H,57,67)(H,58,70)(H,64,65)(H4,49,50,51);1H3,(H,3,4)/t28-,29+,30+,31+,32+,33+,34+;/m1./s1. The molecule has 2 saturated heterocycles. The number of hydrogen-bond donors (Lipinski definition) is 14. The van der Waals surface area contributed by atoms with Gasteiger partial charge in [0, 0.05) is 57.2 Å². The van der Waals surface area contributed by atoms with Crippen LogP contribution in [0.25, 0.3) is 0 Å². The van der Waals surface area contributed by atoms with Crippen LogP contribution in [0.15, 0.2) is 59.6 Å². The molecule has 2 aliphatic rings. The van der Waals surface area contributed by atoms with Gasteiger partial charge in [-0.25, -0.2) is 0 Å². The zero-order valence-electron chi connectivity index (χ0n) is 42.6. The summed E-state index contributed by atoms with van der Waals surface area (Å²) in [4.78, 5) is 161. The lowest BCUT2D eigenvalue weighted by Gasteiger charge is -2.31. The number of carbonyl (C=O) groups excluding carboxylic acids is 10. The van der Waals surface area contributed by atoms with E-state index in [1.807, 2.05) is 0 Å². The van der Waals surface area contributed by atoms with Crippen LogP contribution in [0.3, 0.4) is 0 Å². The molecule has 0 spiro atoms. The molecule has 7 atom stereocenters. The molecule has 0 aliphatic carbocycles. The van der Waals surface area contributed by atoms with Crippen molar-refractivity contribution < 1.29 is 72.9 Å². The molecule has 30 heteroatoms. The van der Waals surface area contributed by atoms with Crippen LogP contribution in [0.2, 0.25) is 0 Å². The lowest BCUT2D eigenvalue weighted by molar-refractivity contribution is -0.142. The second-order valence-electron chi connectivity index (χ2n) is 17.8. The number of benzene rings is 2. The van der Waals surface area contributed by atoms with Crippen LogP contribution in [0, 0.1) is 0 Å². The minimum absolute atomic E-state index is 0.00842. The molecule has 0 unspecified atom stereocenters. The summed E-state index contributed by atoms with van der Waals surface area (Å²) in [6.45, 7) is 0.418. The molecule has 78 heavy (non-hydrogen) atoms. The number of aromatic hydroxyl groups is 1. The first-order valence-corrected chi connectivity index (χ1v) is 26.9. The maximum atomic E-state index is 14.5. The maximum absolute atomic E-state index is 14.5. The number of carbonyl (C=O) groups is 12. The van der Waals surface area contributed by atoms with Crippen molar-refractivity contribution in [3.05, 3.63) is 65.7 Å². The molecule has 0 aromatic heterocycles. The van der Waals surface area contributed by atoms with Gasteiger partial charge in [0.25, 0.3) is 5.97 Å². The largest absolute Gasteiger partial charge is 0.508 e. The summed E-state index contributed by atoms with van der Waals surface area (Å²) in [5.41, 5.74) is 22.9. The van der Waals surface area contributed by atoms with E-state index in [2.05, 4.69) is 42.2 Å². The number of amides is 10. The Morgan fingerprint density at radius 1 is 0.756 bits per heavy atom. The summed E-state index contributed by atoms with van der Waals surface area (Å²) in [5, 5.41) is 44.1. The number of nitrogens with two attached hydrogens (primary N) is 4. The van der Waals surface area contributed by atoms with Crippen molar-refractivity contribution in [1.29, 1.82) is 0 Å². The van der Waals surface area contributed by atoms with Gasteiger partial charge in [0.1, 0.15) is 54.6 Å². The number of aliphatic carboxylic acids is 2. The number of carboxylic acid groups (broad SMARTS) is 2. The third-order valence-electron chi connectivity index (χ3n) is 11.5. The highest BCUT2D eigenvalue weighted by molar-refractivity contribution is 8.76. The second kappa shape index (κ2) is 33.1. The Bertz CT molecular complexity index is 2480. The quantitative estimate of drug-likeness (QED) is 0.0279. The third-order valence-corrected chi connectivity index (χ3v) is 13.9. The fourth-order valence-corrected chi connectivity index (χ4v) is 9.92. The SMILES string of the molecule is CC(=O)O.NC(=O)CC[C@@H]1NC(=O)[C@H](Cc2ccccc2)NC(=O)[C@H](Cc2ccc(O)cc2)NC(=O)CCSSC[C@@H](C(=O)N2CCC[C@H]2C(=O)N[C@H](CCCN=C(N)N)C(=O)NCC(=O)O)NC(=O)[C@H](CC(N)=O)NC1=O. The molecule has 2 heterocycles. The Labute approximate surface area is 455 Å². The number of carboxylic acids is 2. The van der Waals surface area contributed by atoms with Gasteiger partial charge in [0.05, 0.1) is 6.42 Å². The number of phenols is 1. The van der Waals surface area contributed by atoms with Crippen molar-refractivity contribution in [3.63, 3.8) is 0 Å². The van der Waals surface area contributed by atoms with Crippen LogP contribution in [0.5, 0.6) is 5.75 Å². The number of rotatable bonds is 19. The summed E-state index contributed by atoms with van der Waals surface area (Å²) >= 11 is 0. The normalized spacial score (nSPS) is 20.9. The number of phenolic OH excluding ortho intramolecular Hbond substituents is 1. The Morgan fingerprint density at radius 3 is 1.94 bits per heavy atom. The van der Waals surface area contributed by atoms with E-state index in [4.69, 9.17) is 37.9 Å². The van der Waals surface area contributed by atoms with Crippen molar-refractivity contribution in [3.8, 4) is 5.75 Å². The minimum atomic E-state index is -1.78. The molecular formula is C48H67N13O15S2. The molecule has 18 N–H and O–H groups in total. The van der Waals surface area contributed by atoms with Gasteiger partial charge in [0.2, 0.25) is 59.1 Å².